The van der Waals surface area contributed by atoms with Crippen LogP contribution in [0, 0.1) is 0 Å². The van der Waals surface area contributed by atoms with Crippen molar-refractivity contribution in [1.82, 2.24) is 0 Å². The molecule has 6 bridgehead atoms. The smallest absolute Gasteiger partial charge is 0.0702 e. The van der Waals surface area contributed by atoms with E-state index < -0.39 is 0 Å². The molecule has 64 heavy (non-hydrogen) atoms. The SMILES string of the molecule is CN1c2ccccc2N(c2ccc3c4c5cc(ccc5c(-c5ccccc5)c3c2)N2c3ccccc3N(C)c3ccc(cc32)C2(C)c3ccccc3-c3ccc-4cc32)c2ccccc21. The second-order valence-electron chi connectivity index (χ2n) is 18.0. The molecule has 0 saturated heterocycles. The molecule has 1 atom stereocenters. The Morgan fingerprint density at radius 1 is 0.328 bits per heavy atom. The molecule has 14 rings (SSSR count). The van der Waals surface area contributed by atoms with Gasteiger partial charge in [0.05, 0.1) is 45.5 Å². The standard InChI is InChI=1S/C60H42N4/c1-60-39-26-32-53-57(34-39)64(56-24-14-11-21-52(56)62(53)3)41-28-30-44-47(36-41)59(38-25-29-43(49(60)33-38)42-17-7-8-18-48(42)60)45-31-27-40(35-46(45)58(44)37-15-5-4-6-16-37)63-54-22-12-9-19-50(54)61(2)51-20-10-13-23-55(51)63/h4-36H,1-3H3. The summed E-state index contributed by atoms with van der Waals surface area (Å²) in [5.41, 5.74) is 22.8. The summed E-state index contributed by atoms with van der Waals surface area (Å²) in [6, 6.07) is 75.4. The fraction of sp³-hybridized carbons (Fsp3) is 0.0667. The highest BCUT2D eigenvalue weighted by Gasteiger charge is 2.42. The molecule has 0 saturated carbocycles. The summed E-state index contributed by atoms with van der Waals surface area (Å²) in [6.45, 7) is 2.45. The molecule has 0 fully saturated rings. The summed E-state index contributed by atoms with van der Waals surface area (Å²) in [4.78, 5) is 9.63. The van der Waals surface area contributed by atoms with E-state index >= 15 is 0 Å². The van der Waals surface area contributed by atoms with Gasteiger partial charge in [-0.1, -0.05) is 121 Å². The highest BCUT2D eigenvalue weighted by atomic mass is 15.3. The van der Waals surface area contributed by atoms with Crippen LogP contribution in [-0.2, 0) is 5.41 Å². The van der Waals surface area contributed by atoms with E-state index in [9.17, 15) is 0 Å². The Labute approximate surface area is 373 Å². The van der Waals surface area contributed by atoms with E-state index in [0.29, 0.717) is 0 Å². The van der Waals surface area contributed by atoms with Crippen LogP contribution in [0.4, 0.5) is 56.9 Å². The average Bonchev–Trinajstić information content (AvgIpc) is 3.61. The number of para-hydroxylation sites is 6. The van der Waals surface area contributed by atoms with Gasteiger partial charge in [0.25, 0.3) is 0 Å². The Hall–Kier alpha value is -8.08. The van der Waals surface area contributed by atoms with Crippen LogP contribution in [0.3, 0.4) is 0 Å². The zero-order valence-corrected chi connectivity index (χ0v) is 35.8. The number of anilines is 10. The summed E-state index contributed by atoms with van der Waals surface area (Å²) in [5, 5.41) is 4.92. The Kier molecular flexibility index (Phi) is 7.07. The van der Waals surface area contributed by atoms with E-state index in [4.69, 9.17) is 0 Å². The van der Waals surface area contributed by atoms with Crippen molar-refractivity contribution in [2.24, 2.45) is 0 Å². The number of hydrogen-bond acceptors (Lipinski definition) is 4. The molecule has 10 aromatic carbocycles. The van der Waals surface area contributed by atoms with Gasteiger partial charge in [0.1, 0.15) is 0 Å². The predicted octanol–water partition coefficient (Wildman–Crippen LogP) is 16.1. The lowest BCUT2D eigenvalue weighted by Gasteiger charge is -2.40. The molecule has 4 nitrogen and oxygen atoms in total. The fourth-order valence-corrected chi connectivity index (χ4v) is 11.9. The number of benzene rings is 10. The summed E-state index contributed by atoms with van der Waals surface area (Å²) >= 11 is 0. The molecule has 3 aliphatic heterocycles. The minimum Gasteiger partial charge on any atom is -0.341 e. The van der Waals surface area contributed by atoms with Crippen LogP contribution < -0.4 is 19.6 Å². The van der Waals surface area contributed by atoms with Crippen molar-refractivity contribution in [2.45, 2.75) is 12.3 Å². The second-order valence-corrected chi connectivity index (χ2v) is 18.0. The minimum absolute atomic E-state index is 0.390. The predicted molar refractivity (Wildman–Crippen MR) is 269 cm³/mol. The molecule has 0 radical (unpaired) electrons. The van der Waals surface area contributed by atoms with Crippen molar-refractivity contribution >= 4 is 78.4 Å². The van der Waals surface area contributed by atoms with Crippen LogP contribution in [0.2, 0.25) is 0 Å². The number of fused-ring (bicyclic) bond motifs is 15. The van der Waals surface area contributed by atoms with Gasteiger partial charge in [0.15, 0.2) is 0 Å². The molecule has 4 heteroatoms. The lowest BCUT2D eigenvalue weighted by Crippen LogP contribution is -2.27. The first-order valence-electron chi connectivity index (χ1n) is 22.3. The molecule has 0 aromatic heterocycles. The van der Waals surface area contributed by atoms with Gasteiger partial charge in [-0.25, -0.2) is 0 Å². The highest BCUT2D eigenvalue weighted by molar-refractivity contribution is 6.23. The maximum absolute atomic E-state index is 2.53. The van der Waals surface area contributed by atoms with E-state index in [-0.39, 0.29) is 5.41 Å². The lowest BCUT2D eigenvalue weighted by molar-refractivity contribution is 0.714. The zero-order chi connectivity index (χ0) is 42.4. The number of nitrogens with zero attached hydrogens (tertiary/aromatic N) is 4. The summed E-state index contributed by atoms with van der Waals surface area (Å²) in [5.74, 6) is 0. The van der Waals surface area contributed by atoms with Crippen molar-refractivity contribution in [3.63, 3.8) is 0 Å². The van der Waals surface area contributed by atoms with E-state index in [0.717, 1.165) is 22.7 Å². The van der Waals surface area contributed by atoms with Crippen molar-refractivity contribution in [3.05, 3.63) is 217 Å². The summed E-state index contributed by atoms with van der Waals surface area (Å²) in [6.07, 6.45) is 0. The van der Waals surface area contributed by atoms with Gasteiger partial charge in [0.2, 0.25) is 0 Å². The second kappa shape index (κ2) is 12.7. The molecule has 3 heterocycles. The molecule has 0 amide bonds. The fourth-order valence-electron chi connectivity index (χ4n) is 11.9. The first-order valence-corrected chi connectivity index (χ1v) is 22.3. The van der Waals surface area contributed by atoms with Crippen LogP contribution in [0.5, 0.6) is 0 Å². The van der Waals surface area contributed by atoms with Crippen molar-refractivity contribution in [3.8, 4) is 33.4 Å². The minimum atomic E-state index is -0.390. The number of hydrogen-bond donors (Lipinski definition) is 0. The maximum atomic E-state index is 2.53. The summed E-state index contributed by atoms with van der Waals surface area (Å²) in [7, 11) is 4.38. The molecule has 10 aromatic rings. The summed E-state index contributed by atoms with van der Waals surface area (Å²) < 4.78 is 0. The maximum Gasteiger partial charge on any atom is 0.0702 e. The van der Waals surface area contributed by atoms with E-state index in [2.05, 4.69) is 241 Å². The van der Waals surface area contributed by atoms with Crippen LogP contribution in [0.25, 0.3) is 54.9 Å². The van der Waals surface area contributed by atoms with Gasteiger partial charge in [0, 0.05) is 30.9 Å². The van der Waals surface area contributed by atoms with Crippen LogP contribution in [-0.4, -0.2) is 14.1 Å². The molecule has 0 N–H and O–H groups in total. The molecule has 302 valence electrons. The average molecular weight is 819 g/mol. The van der Waals surface area contributed by atoms with Crippen LogP contribution in [0.15, 0.2) is 200 Å². The first kappa shape index (κ1) is 35.5. The normalized spacial score (nSPS) is 16.0. The van der Waals surface area contributed by atoms with Gasteiger partial charge in [-0.05, 0) is 157 Å². The first-order chi connectivity index (χ1) is 31.5. The molecule has 1 aliphatic carbocycles. The molecule has 0 spiro atoms. The Balaban J connectivity index is 1.13. The van der Waals surface area contributed by atoms with Crippen LogP contribution in [0.1, 0.15) is 23.6 Å². The van der Waals surface area contributed by atoms with Crippen molar-refractivity contribution in [1.29, 1.82) is 0 Å². The highest BCUT2D eigenvalue weighted by Crippen LogP contribution is 2.59. The Bertz CT molecular complexity index is 3600. The third kappa shape index (κ3) is 4.56. The quantitative estimate of drug-likeness (QED) is 0.161. The Morgan fingerprint density at radius 3 is 1.42 bits per heavy atom. The monoisotopic (exact) mass is 818 g/mol. The molecular weight excluding hydrogens is 777 g/mol. The van der Waals surface area contributed by atoms with Crippen LogP contribution >= 0.6 is 0 Å². The topological polar surface area (TPSA) is 13.0 Å². The van der Waals surface area contributed by atoms with E-state index in [1.54, 1.807) is 0 Å². The van der Waals surface area contributed by atoms with E-state index in [1.165, 1.54) is 106 Å². The third-order valence-electron chi connectivity index (χ3n) is 14.9. The van der Waals surface area contributed by atoms with Gasteiger partial charge >= 0.3 is 0 Å². The largest absolute Gasteiger partial charge is 0.341 e. The van der Waals surface area contributed by atoms with Crippen molar-refractivity contribution in [2.75, 3.05) is 33.7 Å². The molecule has 4 aliphatic rings. The number of rotatable bonds is 2. The van der Waals surface area contributed by atoms with Crippen molar-refractivity contribution < 1.29 is 0 Å². The van der Waals surface area contributed by atoms with Gasteiger partial charge in [-0.15, -0.1) is 0 Å². The van der Waals surface area contributed by atoms with Gasteiger partial charge in [-0.2, -0.15) is 0 Å². The Morgan fingerprint density at radius 2 is 0.812 bits per heavy atom. The zero-order valence-electron chi connectivity index (χ0n) is 35.8. The molecular formula is C60H42N4. The third-order valence-corrected chi connectivity index (χ3v) is 14.9. The van der Waals surface area contributed by atoms with Gasteiger partial charge < -0.3 is 19.6 Å². The molecule has 1 unspecified atom stereocenters. The van der Waals surface area contributed by atoms with E-state index in [1.807, 2.05) is 0 Å². The van der Waals surface area contributed by atoms with Gasteiger partial charge in [-0.3, -0.25) is 0 Å². The lowest BCUT2D eigenvalue weighted by atomic mass is 9.73.